The first kappa shape index (κ1) is 23.2. The summed E-state index contributed by atoms with van der Waals surface area (Å²) in [6.07, 6.45) is 2.55. The van der Waals surface area contributed by atoms with Gasteiger partial charge < -0.3 is 14.8 Å². The minimum absolute atomic E-state index is 0.0169. The molecule has 0 aromatic heterocycles. The molecule has 1 fully saturated rings. The normalized spacial score (nSPS) is 17.7. The van der Waals surface area contributed by atoms with Gasteiger partial charge in [0.05, 0.1) is 5.56 Å². The summed E-state index contributed by atoms with van der Waals surface area (Å²) in [6, 6.07) is 5.48. The Hall–Kier alpha value is -3.07. The number of benzene rings is 1. The Morgan fingerprint density at radius 1 is 1.20 bits per heavy atom. The molecule has 0 spiro atoms. The van der Waals surface area contributed by atoms with Gasteiger partial charge in [0.2, 0.25) is 5.91 Å². The van der Waals surface area contributed by atoms with Gasteiger partial charge in [-0.25, -0.2) is 9.59 Å². The van der Waals surface area contributed by atoms with E-state index >= 15 is 0 Å². The lowest BCUT2D eigenvalue weighted by molar-refractivity contribution is -0.120. The number of thioether (sulfide) groups is 1. The summed E-state index contributed by atoms with van der Waals surface area (Å²) in [5.74, 6) is -0.978. The van der Waals surface area contributed by atoms with Crippen molar-refractivity contribution < 1.29 is 28.7 Å². The van der Waals surface area contributed by atoms with Crippen LogP contribution < -0.4 is 5.32 Å². The van der Waals surface area contributed by atoms with Crippen molar-refractivity contribution in [1.82, 2.24) is 4.90 Å². The lowest BCUT2D eigenvalue weighted by Crippen LogP contribution is -2.43. The number of rotatable bonds is 8. The van der Waals surface area contributed by atoms with Crippen LogP contribution in [0, 0.1) is 0 Å². The Morgan fingerprint density at radius 2 is 1.90 bits per heavy atom. The number of anilines is 1. The molecule has 0 aliphatic carbocycles. The minimum atomic E-state index is -0.810. The van der Waals surface area contributed by atoms with Crippen molar-refractivity contribution in [2.24, 2.45) is 0 Å². The summed E-state index contributed by atoms with van der Waals surface area (Å²) < 4.78 is 10.1. The fraction of sp³-hybridized carbons (Fsp3) is 0.333. The number of hydrogen-bond donors (Lipinski definition) is 1. The molecule has 1 saturated heterocycles. The summed E-state index contributed by atoms with van der Waals surface area (Å²) in [6.45, 7) is 8.73. The lowest BCUT2D eigenvalue weighted by atomic mass is 10.1. The topological polar surface area (TPSA) is 102 Å². The molecule has 0 unspecified atom stereocenters. The van der Waals surface area contributed by atoms with Crippen molar-refractivity contribution in [1.29, 1.82) is 0 Å². The molecular weight excluding hydrogens is 408 g/mol. The highest BCUT2D eigenvalue weighted by atomic mass is 32.2. The number of nitrogens with one attached hydrogen (secondary N) is 1. The van der Waals surface area contributed by atoms with Gasteiger partial charge in [0.15, 0.2) is 5.12 Å². The van der Waals surface area contributed by atoms with E-state index in [-0.39, 0.29) is 35.7 Å². The number of nitrogens with zero attached hydrogens (tertiary/aromatic N) is 1. The maximum atomic E-state index is 12.9. The Labute approximate surface area is 179 Å². The second kappa shape index (κ2) is 11.2. The highest BCUT2D eigenvalue weighted by molar-refractivity contribution is 8.14. The van der Waals surface area contributed by atoms with Crippen molar-refractivity contribution in [2.45, 2.75) is 24.6 Å². The monoisotopic (exact) mass is 432 g/mol. The minimum Gasteiger partial charge on any atom is -0.458 e. The zero-order valence-electron chi connectivity index (χ0n) is 16.7. The maximum Gasteiger partial charge on any atom is 0.410 e. The smallest absolute Gasteiger partial charge is 0.410 e. The van der Waals surface area contributed by atoms with E-state index in [1.807, 2.05) is 0 Å². The molecule has 0 radical (unpaired) electrons. The van der Waals surface area contributed by atoms with Crippen LogP contribution >= 0.6 is 11.8 Å². The van der Waals surface area contributed by atoms with E-state index < -0.39 is 24.0 Å². The van der Waals surface area contributed by atoms with Gasteiger partial charge >= 0.3 is 12.1 Å². The molecule has 30 heavy (non-hydrogen) atoms. The lowest BCUT2D eigenvalue weighted by Gasteiger charge is -2.23. The third-order valence-electron chi connectivity index (χ3n) is 4.16. The number of ether oxygens (including phenoxy) is 2. The van der Waals surface area contributed by atoms with E-state index in [9.17, 15) is 19.2 Å². The molecule has 1 heterocycles. The van der Waals surface area contributed by atoms with Gasteiger partial charge in [0.1, 0.15) is 19.3 Å². The van der Waals surface area contributed by atoms with E-state index in [0.29, 0.717) is 12.1 Å². The highest BCUT2D eigenvalue weighted by Gasteiger charge is 2.41. The Morgan fingerprint density at radius 3 is 2.57 bits per heavy atom. The van der Waals surface area contributed by atoms with Crippen molar-refractivity contribution >= 4 is 40.5 Å². The summed E-state index contributed by atoms with van der Waals surface area (Å²) in [4.78, 5) is 50.0. The number of likely N-dealkylation sites (tertiary alicyclic amines) is 1. The van der Waals surface area contributed by atoms with E-state index in [1.165, 1.54) is 30.0 Å². The molecule has 2 rings (SSSR count). The predicted octanol–water partition coefficient (Wildman–Crippen LogP) is 3.01. The van der Waals surface area contributed by atoms with Gasteiger partial charge in [0.25, 0.3) is 0 Å². The fourth-order valence-electron chi connectivity index (χ4n) is 2.95. The second-order valence-electron chi connectivity index (χ2n) is 6.46. The Bertz CT molecular complexity index is 841. The quantitative estimate of drug-likeness (QED) is 0.498. The molecule has 1 N–H and O–H groups in total. The largest absolute Gasteiger partial charge is 0.458 e. The van der Waals surface area contributed by atoms with Crippen LogP contribution in [-0.2, 0) is 19.1 Å². The van der Waals surface area contributed by atoms with Crippen LogP contribution in [0.15, 0.2) is 49.6 Å². The van der Waals surface area contributed by atoms with Gasteiger partial charge in [-0.2, -0.15) is 0 Å². The number of hydrogen-bond acceptors (Lipinski definition) is 7. The summed E-state index contributed by atoms with van der Waals surface area (Å²) in [7, 11) is 0. The Balaban J connectivity index is 2.12. The second-order valence-corrected chi connectivity index (χ2v) is 7.94. The third kappa shape index (κ3) is 6.48. The van der Waals surface area contributed by atoms with Gasteiger partial charge in [0, 0.05) is 24.4 Å². The fourth-order valence-corrected chi connectivity index (χ4v) is 3.93. The molecule has 9 heteroatoms. The molecule has 2 amide bonds. The van der Waals surface area contributed by atoms with E-state index in [4.69, 9.17) is 9.47 Å². The maximum absolute atomic E-state index is 12.9. The highest BCUT2D eigenvalue weighted by Crippen LogP contribution is 2.29. The molecule has 0 bridgehead atoms. The van der Waals surface area contributed by atoms with Crippen LogP contribution in [0.2, 0.25) is 0 Å². The molecule has 0 saturated carbocycles. The van der Waals surface area contributed by atoms with Gasteiger partial charge in [-0.3, -0.25) is 14.5 Å². The molecule has 1 aliphatic rings. The standard InChI is InChI=1S/C21H24N2O6S/c1-4-9-28-20(26)15-7-6-8-16(11-15)22-19(25)18-12-17(30-14(3)24)13-23(18)21(27)29-10-5-2/h4-8,11,17-18H,1-2,9-10,12-13H2,3H3,(H,22,25)/t17-,18-/m0/s1. The molecule has 160 valence electrons. The zero-order valence-corrected chi connectivity index (χ0v) is 17.5. The van der Waals surface area contributed by atoms with Gasteiger partial charge in [-0.1, -0.05) is 43.1 Å². The van der Waals surface area contributed by atoms with Crippen LogP contribution in [0.25, 0.3) is 0 Å². The first-order valence-electron chi connectivity index (χ1n) is 9.26. The molecular formula is C21H24N2O6S. The summed E-state index contributed by atoms with van der Waals surface area (Å²) in [5, 5.41) is 2.41. The number of amides is 2. The summed E-state index contributed by atoms with van der Waals surface area (Å²) >= 11 is 1.09. The number of carbonyl (C=O) groups is 4. The molecule has 8 nitrogen and oxygen atoms in total. The molecule has 1 aromatic carbocycles. The van der Waals surface area contributed by atoms with Crippen LogP contribution in [0.4, 0.5) is 10.5 Å². The van der Waals surface area contributed by atoms with E-state index in [0.717, 1.165) is 11.8 Å². The first-order valence-corrected chi connectivity index (χ1v) is 10.1. The zero-order chi connectivity index (χ0) is 22.1. The third-order valence-corrected chi connectivity index (χ3v) is 5.16. The Kier molecular flexibility index (Phi) is 8.67. The van der Waals surface area contributed by atoms with Crippen molar-refractivity contribution in [3.63, 3.8) is 0 Å². The molecule has 1 aromatic rings. The summed E-state index contributed by atoms with van der Waals surface area (Å²) in [5.41, 5.74) is 0.656. The van der Waals surface area contributed by atoms with Crippen LogP contribution in [0.1, 0.15) is 23.7 Å². The van der Waals surface area contributed by atoms with Crippen molar-refractivity contribution in [3.05, 3.63) is 55.1 Å². The SMILES string of the molecule is C=CCOC(=O)c1cccc(NC(=O)[C@@H]2C[C@H](SC(C)=O)CN2C(=O)OCC=C)c1. The van der Waals surface area contributed by atoms with Crippen molar-refractivity contribution in [3.8, 4) is 0 Å². The number of esters is 1. The number of carbonyl (C=O) groups excluding carboxylic acids is 4. The molecule has 2 atom stereocenters. The van der Waals surface area contributed by atoms with Gasteiger partial charge in [-0.15, -0.1) is 0 Å². The van der Waals surface area contributed by atoms with E-state index in [1.54, 1.807) is 18.2 Å². The van der Waals surface area contributed by atoms with Crippen LogP contribution in [0.5, 0.6) is 0 Å². The first-order chi connectivity index (χ1) is 14.3. The van der Waals surface area contributed by atoms with Gasteiger partial charge in [-0.05, 0) is 24.6 Å². The van der Waals surface area contributed by atoms with Crippen LogP contribution in [0.3, 0.4) is 0 Å². The van der Waals surface area contributed by atoms with E-state index in [2.05, 4.69) is 18.5 Å². The van der Waals surface area contributed by atoms with Crippen molar-refractivity contribution in [2.75, 3.05) is 25.1 Å². The average Bonchev–Trinajstić information content (AvgIpc) is 3.13. The molecule has 1 aliphatic heterocycles. The van der Waals surface area contributed by atoms with Crippen LogP contribution in [-0.4, -0.2) is 59.0 Å². The predicted molar refractivity (Wildman–Crippen MR) is 114 cm³/mol. The average molecular weight is 432 g/mol.